The molecule has 9 nitrogen and oxygen atoms in total. The van der Waals surface area contributed by atoms with Gasteiger partial charge in [-0.1, -0.05) is 58.2 Å². The molecule has 0 bridgehead atoms. The smallest absolute Gasteiger partial charge is 0.335 e. The average Bonchev–Trinajstić information content (AvgIpc) is 2.99. The van der Waals surface area contributed by atoms with Gasteiger partial charge in [0.2, 0.25) is 0 Å². The Balaban J connectivity index is 0.00000420. The van der Waals surface area contributed by atoms with E-state index in [4.69, 9.17) is 0 Å². The van der Waals surface area contributed by atoms with Crippen LogP contribution in [0, 0.1) is 5.41 Å². The maximum atomic E-state index is 14.0. The van der Waals surface area contributed by atoms with Crippen LogP contribution in [0.2, 0.25) is 0 Å². The van der Waals surface area contributed by atoms with Gasteiger partial charge in [0, 0.05) is 61.4 Å². The van der Waals surface area contributed by atoms with E-state index in [1.54, 1.807) is 6.07 Å². The molecule has 2 aromatic rings. The van der Waals surface area contributed by atoms with E-state index in [2.05, 4.69) is 15.5 Å². The number of aromatic carboxylic acids is 1. The third-order valence-electron chi connectivity index (χ3n) is 7.25. The van der Waals surface area contributed by atoms with E-state index >= 15 is 0 Å². The summed E-state index contributed by atoms with van der Waals surface area (Å²) >= 11 is 0. The Kier molecular flexibility index (Phi) is 10.4. The van der Waals surface area contributed by atoms with Crippen LogP contribution in [0.15, 0.2) is 48.5 Å². The normalized spacial score (nSPS) is 17.9. The second-order valence-corrected chi connectivity index (χ2v) is 11.1. The van der Waals surface area contributed by atoms with Crippen molar-refractivity contribution in [2.24, 2.45) is 5.41 Å². The molecule has 0 unspecified atom stereocenters. The molecule has 0 saturated heterocycles. The fourth-order valence-electron chi connectivity index (χ4n) is 5.06. The molecule has 1 atom stereocenters. The molecule has 1 aliphatic carbocycles. The fourth-order valence-corrected chi connectivity index (χ4v) is 5.06. The number of carboxylic acids is 1. The summed E-state index contributed by atoms with van der Waals surface area (Å²) in [6, 6.07) is 12.2. The molecule has 1 saturated carbocycles. The topological polar surface area (TPSA) is 119 Å². The molecule has 3 amide bonds. The number of hydrogen-bond donors (Lipinski definition) is 3. The van der Waals surface area contributed by atoms with Gasteiger partial charge in [0.05, 0.1) is 23.5 Å². The molecule has 0 spiro atoms. The first kappa shape index (κ1) is 30.9. The first-order chi connectivity index (χ1) is 18.0. The fraction of sp³-hybridized carbons (Fsp3) is 0.448. The average molecular weight is 561 g/mol. The van der Waals surface area contributed by atoms with Crippen LogP contribution in [-0.4, -0.2) is 91.7 Å². The van der Waals surface area contributed by atoms with E-state index in [0.717, 1.165) is 31.4 Å². The van der Waals surface area contributed by atoms with Crippen LogP contribution in [0.3, 0.4) is 0 Å². The molecule has 1 fully saturated rings. The summed E-state index contributed by atoms with van der Waals surface area (Å²) in [6.07, 6.45) is 5.36. The third-order valence-corrected chi connectivity index (χ3v) is 7.25. The van der Waals surface area contributed by atoms with E-state index in [1.165, 1.54) is 29.5 Å². The minimum atomic E-state index is -1.10. The van der Waals surface area contributed by atoms with Crippen molar-refractivity contribution in [3.8, 4) is 0 Å². The molecule has 2 aromatic carbocycles. The van der Waals surface area contributed by atoms with Gasteiger partial charge in [0.1, 0.15) is 6.04 Å². The number of carbonyl (C=O) groups excluding carboxylic acids is 3. The van der Waals surface area contributed by atoms with E-state index < -0.39 is 23.5 Å². The standard InChI is InChI=1S/C29H36N4O5.Ca/c1-29(2,3)25(34)18-33-24-15-8-7-14-23(24)32(21-12-5-4-6-13-21)17-22(26(33)35)31-28(38)30-20-11-9-10-19(16-20)27(36)37;/h7-11,14-16,21-22H,4-6,12-13,17-18H2,1-3H3,(H,36,37)(H2,30,31,38);/t22-;/m1./s1. The van der Waals surface area contributed by atoms with Crippen LogP contribution in [0.25, 0.3) is 0 Å². The molecule has 39 heavy (non-hydrogen) atoms. The maximum Gasteiger partial charge on any atom is 0.335 e. The Bertz CT molecular complexity index is 1220. The van der Waals surface area contributed by atoms with Crippen LogP contribution >= 0.6 is 0 Å². The predicted octanol–water partition coefficient (Wildman–Crippen LogP) is 4.30. The van der Waals surface area contributed by atoms with E-state index in [1.807, 2.05) is 45.0 Å². The van der Waals surface area contributed by atoms with E-state index in [0.29, 0.717) is 11.4 Å². The quantitative estimate of drug-likeness (QED) is 0.454. The first-order valence-corrected chi connectivity index (χ1v) is 13.2. The van der Waals surface area contributed by atoms with Gasteiger partial charge in [-0.3, -0.25) is 9.59 Å². The van der Waals surface area contributed by atoms with Crippen molar-refractivity contribution in [2.45, 2.75) is 65.0 Å². The van der Waals surface area contributed by atoms with Crippen molar-refractivity contribution in [1.82, 2.24) is 5.32 Å². The summed E-state index contributed by atoms with van der Waals surface area (Å²) in [7, 11) is 0. The summed E-state index contributed by atoms with van der Waals surface area (Å²) in [5.74, 6) is -1.55. The minimum Gasteiger partial charge on any atom is -0.478 e. The van der Waals surface area contributed by atoms with Crippen molar-refractivity contribution in [1.29, 1.82) is 0 Å². The minimum absolute atomic E-state index is 0. The number of nitrogens with zero attached hydrogens (tertiary/aromatic N) is 2. The SMILES string of the molecule is CC(C)(C)C(=O)CN1C(=O)[C@H](NC(=O)Nc2cccc(C(=O)O)c2)CN(C2CCCCC2)c2ccccc21.[Ca]. The summed E-state index contributed by atoms with van der Waals surface area (Å²) < 4.78 is 0. The molecule has 2 radical (unpaired) electrons. The Morgan fingerprint density at radius 1 is 0.974 bits per heavy atom. The molecule has 1 aliphatic heterocycles. The van der Waals surface area contributed by atoms with Crippen molar-refractivity contribution in [3.63, 3.8) is 0 Å². The predicted molar refractivity (Wildman–Crippen MR) is 153 cm³/mol. The number of para-hydroxylation sites is 2. The second kappa shape index (κ2) is 13.2. The number of urea groups is 1. The van der Waals surface area contributed by atoms with Crippen LogP contribution < -0.4 is 20.4 Å². The Morgan fingerprint density at radius 3 is 2.28 bits per heavy atom. The number of ketones is 1. The van der Waals surface area contributed by atoms with Crippen molar-refractivity contribution >= 4 is 78.5 Å². The Morgan fingerprint density at radius 2 is 1.64 bits per heavy atom. The Labute approximate surface area is 259 Å². The maximum absolute atomic E-state index is 14.0. The summed E-state index contributed by atoms with van der Waals surface area (Å²) in [6.45, 7) is 5.65. The van der Waals surface area contributed by atoms with E-state index in [-0.39, 0.29) is 74.1 Å². The van der Waals surface area contributed by atoms with Crippen molar-refractivity contribution in [2.75, 3.05) is 28.2 Å². The zero-order valence-corrected chi connectivity index (χ0v) is 25.1. The molecule has 3 N–H and O–H groups in total. The van der Waals surface area contributed by atoms with Gasteiger partial charge in [-0.2, -0.15) is 0 Å². The van der Waals surface area contributed by atoms with Crippen LogP contribution in [0.4, 0.5) is 21.9 Å². The first-order valence-electron chi connectivity index (χ1n) is 13.2. The zero-order valence-electron chi connectivity index (χ0n) is 22.9. The van der Waals surface area contributed by atoms with Gasteiger partial charge >= 0.3 is 12.0 Å². The number of benzene rings is 2. The number of hydrogen-bond acceptors (Lipinski definition) is 5. The number of nitrogens with one attached hydrogen (secondary N) is 2. The molecule has 1 heterocycles. The van der Waals surface area contributed by atoms with E-state index in [9.17, 15) is 24.3 Å². The molecular weight excluding hydrogens is 524 g/mol. The summed E-state index contributed by atoms with van der Waals surface area (Å²) in [4.78, 5) is 55.1. The largest absolute Gasteiger partial charge is 0.478 e. The van der Waals surface area contributed by atoms with Gasteiger partial charge in [-0.25, -0.2) is 9.59 Å². The number of carbonyl (C=O) groups is 4. The van der Waals surface area contributed by atoms with Crippen LogP contribution in [0.1, 0.15) is 63.2 Å². The summed E-state index contributed by atoms with van der Waals surface area (Å²) in [5, 5.41) is 14.7. The molecule has 0 aromatic heterocycles. The Hall–Kier alpha value is -2.62. The zero-order chi connectivity index (χ0) is 27.4. The number of carboxylic acid groups (broad SMARTS) is 1. The van der Waals surface area contributed by atoms with Gasteiger partial charge < -0.3 is 25.5 Å². The van der Waals surface area contributed by atoms with Gasteiger partial charge in [0.25, 0.3) is 5.91 Å². The van der Waals surface area contributed by atoms with Crippen molar-refractivity contribution in [3.05, 3.63) is 54.1 Å². The summed E-state index contributed by atoms with van der Waals surface area (Å²) in [5.41, 5.74) is 1.25. The third kappa shape index (κ3) is 7.52. The number of anilines is 3. The molecular formula is C29H36CaN4O5. The van der Waals surface area contributed by atoms with Gasteiger partial charge in [0.15, 0.2) is 5.78 Å². The number of fused-ring (bicyclic) bond motifs is 1. The van der Waals surface area contributed by atoms with Crippen LogP contribution in [0.5, 0.6) is 0 Å². The molecule has 10 heteroatoms. The van der Waals surface area contributed by atoms with Gasteiger partial charge in [-0.15, -0.1) is 0 Å². The molecule has 4 rings (SSSR count). The number of amides is 3. The monoisotopic (exact) mass is 560 g/mol. The molecule has 2 aliphatic rings. The number of rotatable bonds is 6. The van der Waals surface area contributed by atoms with Crippen LogP contribution in [-0.2, 0) is 9.59 Å². The van der Waals surface area contributed by atoms with Gasteiger partial charge in [-0.05, 0) is 43.2 Å². The van der Waals surface area contributed by atoms with Crippen molar-refractivity contribution < 1.29 is 24.3 Å². The number of Topliss-reactive ketones (excluding diaryl/α,β-unsaturated/α-hetero) is 1. The molecule has 204 valence electrons. The second-order valence-electron chi connectivity index (χ2n) is 11.1.